The van der Waals surface area contributed by atoms with Crippen molar-refractivity contribution in [1.29, 1.82) is 0 Å². The normalized spacial score (nSPS) is 27.1. The third kappa shape index (κ3) is 5.80. The highest BCUT2D eigenvalue weighted by molar-refractivity contribution is 8.00. The third-order valence-corrected chi connectivity index (χ3v) is 9.64. The first-order valence-corrected chi connectivity index (χ1v) is 17.6. The van der Waals surface area contributed by atoms with Gasteiger partial charge in [0.1, 0.15) is 25.0 Å². The fourth-order valence-corrected chi connectivity index (χ4v) is 8.55. The zero-order chi connectivity index (χ0) is 29.4. The molecule has 0 aromatic heterocycles. The molecule has 3 saturated heterocycles. The van der Waals surface area contributed by atoms with Gasteiger partial charge < -0.3 is 23.7 Å². The van der Waals surface area contributed by atoms with E-state index in [0.717, 1.165) is 0 Å². The predicted molar refractivity (Wildman–Crippen MR) is 149 cm³/mol. The van der Waals surface area contributed by atoms with Crippen LogP contribution in [0.4, 0.5) is 9.59 Å². The van der Waals surface area contributed by atoms with Crippen LogP contribution < -0.4 is 0 Å². The summed E-state index contributed by atoms with van der Waals surface area (Å²) in [4.78, 5) is 52.5. The van der Waals surface area contributed by atoms with Gasteiger partial charge in [0, 0.05) is 22.7 Å². The fraction of sp³-hybridized carbons (Fsp3) is 0.615. The first kappa shape index (κ1) is 30.2. The van der Waals surface area contributed by atoms with Crippen molar-refractivity contribution >= 4 is 44.1 Å². The van der Waals surface area contributed by atoms with Gasteiger partial charge in [0.15, 0.2) is 8.32 Å². The molecule has 40 heavy (non-hydrogen) atoms. The lowest BCUT2D eigenvalue weighted by molar-refractivity contribution is -0.167. The number of amides is 3. The molecule has 1 N–H and O–H groups in total. The zero-order valence-corrected chi connectivity index (χ0v) is 25.1. The highest BCUT2D eigenvalue weighted by atomic mass is 32.2. The molecule has 5 atom stereocenters. The minimum absolute atomic E-state index is 0.0224. The standard InChI is InChI=1S/C26H37N3O9SSi/c1-7-10-36-25(33)27-13-16(14-28(27)26(34)37-11-8-2)39-17-9-12-35-22-19(17)21(24(31)32)29-20(22)18(23(29)30)15(3)38-40(4,5)6/h7-8,15-18,20,22H,1-2,9-14H2,3-6H3,(H,31,32)/t15-,17?,18-,20+,22+/m1/s1. The van der Waals surface area contributed by atoms with E-state index in [4.69, 9.17) is 18.6 Å². The summed E-state index contributed by atoms with van der Waals surface area (Å²) in [5.74, 6) is -1.94. The van der Waals surface area contributed by atoms with Crippen LogP contribution in [0.5, 0.6) is 0 Å². The van der Waals surface area contributed by atoms with Crippen LogP contribution in [0.25, 0.3) is 0 Å². The van der Waals surface area contributed by atoms with Crippen molar-refractivity contribution in [3.8, 4) is 0 Å². The van der Waals surface area contributed by atoms with E-state index in [1.807, 2.05) is 26.6 Å². The molecule has 4 rings (SSSR count). The van der Waals surface area contributed by atoms with Crippen LogP contribution in [-0.2, 0) is 28.2 Å². The Balaban J connectivity index is 1.55. The van der Waals surface area contributed by atoms with Gasteiger partial charge >= 0.3 is 18.2 Å². The predicted octanol–water partition coefficient (Wildman–Crippen LogP) is 2.84. The highest BCUT2D eigenvalue weighted by Gasteiger charge is 2.64. The number of ether oxygens (including phenoxy) is 3. The van der Waals surface area contributed by atoms with Gasteiger partial charge in [-0.05, 0) is 33.0 Å². The number of carbonyl (C=O) groups excluding carboxylic acids is 3. The topological polar surface area (TPSA) is 135 Å². The number of carboxylic acids is 1. The average molecular weight is 596 g/mol. The van der Waals surface area contributed by atoms with Crippen LogP contribution in [0.2, 0.25) is 19.6 Å². The SMILES string of the molecule is C=CCOC(=O)N1CC(SC2CCO[C@H]3C2=C(C(=O)O)N2C(=O)[C@H]([C@@H](C)O[Si](C)(C)C)[C@@H]32)CN1C(=O)OCC=C. The molecule has 0 radical (unpaired) electrons. The maximum absolute atomic E-state index is 13.3. The summed E-state index contributed by atoms with van der Waals surface area (Å²) in [5.41, 5.74) is 0.536. The molecule has 0 spiro atoms. The second-order valence-electron chi connectivity index (χ2n) is 11.0. The van der Waals surface area contributed by atoms with E-state index in [-0.39, 0.29) is 54.5 Å². The third-order valence-electron chi connectivity index (χ3n) is 7.06. The molecule has 220 valence electrons. The number of carbonyl (C=O) groups is 4. The quantitative estimate of drug-likeness (QED) is 0.228. The van der Waals surface area contributed by atoms with E-state index >= 15 is 0 Å². The second kappa shape index (κ2) is 12.0. The van der Waals surface area contributed by atoms with Crippen molar-refractivity contribution in [2.24, 2.45) is 5.92 Å². The molecule has 3 fully saturated rings. The summed E-state index contributed by atoms with van der Waals surface area (Å²) in [5, 5.41) is 12.0. The lowest BCUT2D eigenvalue weighted by Gasteiger charge is -2.49. The number of hydrazine groups is 1. The molecule has 4 aliphatic rings. The van der Waals surface area contributed by atoms with Gasteiger partial charge in [-0.1, -0.05) is 25.3 Å². The van der Waals surface area contributed by atoms with E-state index in [0.29, 0.717) is 18.6 Å². The van der Waals surface area contributed by atoms with Crippen LogP contribution in [0.1, 0.15) is 13.3 Å². The summed E-state index contributed by atoms with van der Waals surface area (Å²) in [6.45, 7) is 15.7. The van der Waals surface area contributed by atoms with Gasteiger partial charge in [0.2, 0.25) is 5.91 Å². The molecule has 12 nitrogen and oxygen atoms in total. The number of aliphatic carboxylic acids is 1. The van der Waals surface area contributed by atoms with Gasteiger partial charge in [0.25, 0.3) is 0 Å². The molecule has 0 aromatic carbocycles. The van der Waals surface area contributed by atoms with Crippen LogP contribution in [0.3, 0.4) is 0 Å². The van der Waals surface area contributed by atoms with E-state index in [1.165, 1.54) is 38.8 Å². The van der Waals surface area contributed by atoms with Crippen LogP contribution in [0, 0.1) is 5.92 Å². The smallest absolute Gasteiger partial charge is 0.429 e. The van der Waals surface area contributed by atoms with Crippen molar-refractivity contribution in [2.75, 3.05) is 32.9 Å². The lowest BCUT2D eigenvalue weighted by Crippen LogP contribution is -2.66. The number of fused-ring (bicyclic) bond motifs is 3. The minimum atomic E-state index is -1.95. The first-order chi connectivity index (χ1) is 18.9. The average Bonchev–Trinajstić information content (AvgIpc) is 3.43. The maximum Gasteiger partial charge on any atom is 0.429 e. The Morgan fingerprint density at radius 3 is 2.20 bits per heavy atom. The molecule has 4 heterocycles. The lowest BCUT2D eigenvalue weighted by atomic mass is 9.80. The molecule has 14 heteroatoms. The molecule has 0 bridgehead atoms. The fourth-order valence-electron chi connectivity index (χ4n) is 5.75. The largest absolute Gasteiger partial charge is 0.477 e. The van der Waals surface area contributed by atoms with E-state index in [1.54, 1.807) is 0 Å². The van der Waals surface area contributed by atoms with Gasteiger partial charge in [0.05, 0.1) is 31.2 Å². The van der Waals surface area contributed by atoms with Gasteiger partial charge in [-0.3, -0.25) is 9.69 Å². The van der Waals surface area contributed by atoms with Crippen LogP contribution in [0.15, 0.2) is 36.6 Å². The molecule has 0 saturated carbocycles. The second-order valence-corrected chi connectivity index (χ2v) is 17.0. The monoisotopic (exact) mass is 595 g/mol. The van der Waals surface area contributed by atoms with E-state index in [9.17, 15) is 24.3 Å². The first-order valence-electron chi connectivity index (χ1n) is 13.2. The minimum Gasteiger partial charge on any atom is -0.477 e. The number of thioether (sulfide) groups is 1. The van der Waals surface area contributed by atoms with Gasteiger partial charge in [-0.2, -0.15) is 0 Å². The Hall–Kier alpha value is -2.81. The summed E-state index contributed by atoms with van der Waals surface area (Å²) < 4.78 is 22.7. The Morgan fingerprint density at radius 2 is 1.70 bits per heavy atom. The van der Waals surface area contributed by atoms with Crippen molar-refractivity contribution in [2.45, 2.75) is 61.7 Å². The highest BCUT2D eigenvalue weighted by Crippen LogP contribution is 2.51. The number of rotatable bonds is 10. The maximum atomic E-state index is 13.3. The van der Waals surface area contributed by atoms with Gasteiger partial charge in [-0.25, -0.2) is 24.4 Å². The summed E-state index contributed by atoms with van der Waals surface area (Å²) in [6, 6.07) is -0.442. The Morgan fingerprint density at radius 1 is 1.12 bits per heavy atom. The number of hydrogen-bond acceptors (Lipinski definition) is 9. The Bertz CT molecular complexity index is 1080. The van der Waals surface area contributed by atoms with E-state index < -0.39 is 44.5 Å². The summed E-state index contributed by atoms with van der Waals surface area (Å²) in [7, 11) is -1.95. The summed E-state index contributed by atoms with van der Waals surface area (Å²) >= 11 is 1.47. The number of β-lactam (4-membered cyclic amide) rings is 1. The van der Waals surface area contributed by atoms with Crippen molar-refractivity contribution in [1.82, 2.24) is 14.9 Å². The van der Waals surface area contributed by atoms with E-state index in [2.05, 4.69) is 13.2 Å². The van der Waals surface area contributed by atoms with Gasteiger partial charge in [-0.15, -0.1) is 11.8 Å². The molecule has 0 aliphatic carbocycles. The molecular weight excluding hydrogens is 558 g/mol. The Labute approximate surface area is 239 Å². The number of hydrogen-bond donors (Lipinski definition) is 1. The molecule has 3 amide bonds. The molecule has 4 aliphatic heterocycles. The molecular formula is C26H37N3O9SSi. The van der Waals surface area contributed by atoms with Crippen molar-refractivity contribution in [3.05, 3.63) is 36.6 Å². The molecule has 0 aromatic rings. The van der Waals surface area contributed by atoms with Crippen LogP contribution >= 0.6 is 11.8 Å². The van der Waals surface area contributed by atoms with Crippen molar-refractivity contribution in [3.63, 3.8) is 0 Å². The summed E-state index contributed by atoms with van der Waals surface area (Å²) in [6.07, 6.45) is 1.01. The number of nitrogens with zero attached hydrogens (tertiary/aromatic N) is 3. The molecule has 1 unspecified atom stereocenters. The van der Waals surface area contributed by atoms with Crippen molar-refractivity contribution < 1.29 is 42.9 Å². The number of carboxylic acid groups (broad SMARTS) is 1. The Kier molecular flexibility index (Phi) is 9.02. The van der Waals surface area contributed by atoms with Crippen LogP contribution in [-0.4, -0.2) is 114 Å². The zero-order valence-electron chi connectivity index (χ0n) is 23.2.